The maximum Gasteiger partial charge on any atom is 0.416 e. The van der Waals surface area contributed by atoms with Crippen molar-refractivity contribution < 1.29 is 23.4 Å². The number of nitrogens with one attached hydrogen (secondary N) is 1. The molecule has 0 aliphatic rings. The molecule has 20 heavy (non-hydrogen) atoms. The van der Waals surface area contributed by atoms with E-state index >= 15 is 0 Å². The highest BCUT2D eigenvalue weighted by atomic mass is 19.4. The highest BCUT2D eigenvalue weighted by molar-refractivity contribution is 5.40. The van der Waals surface area contributed by atoms with E-state index in [9.17, 15) is 23.1 Å². The first-order valence-electron chi connectivity index (χ1n) is 5.66. The fourth-order valence-corrected chi connectivity index (χ4v) is 1.78. The zero-order valence-electron chi connectivity index (χ0n) is 10.1. The van der Waals surface area contributed by atoms with Crippen LogP contribution in [-0.4, -0.2) is 26.6 Å². The molecule has 108 valence electrons. The fraction of sp³-hybridized carbons (Fsp3) is 0.250. The first-order chi connectivity index (χ1) is 9.34. The zero-order chi connectivity index (χ0) is 14.9. The van der Waals surface area contributed by atoms with Gasteiger partial charge in [0.1, 0.15) is 0 Å². The van der Waals surface area contributed by atoms with Gasteiger partial charge in [0.05, 0.1) is 16.8 Å². The van der Waals surface area contributed by atoms with E-state index in [2.05, 4.69) is 5.10 Å². The molecule has 2 aromatic rings. The van der Waals surface area contributed by atoms with Gasteiger partial charge in [-0.3, -0.25) is 9.89 Å². The maximum atomic E-state index is 12.4. The third kappa shape index (κ3) is 2.55. The van der Waals surface area contributed by atoms with E-state index in [0.29, 0.717) is 0 Å². The van der Waals surface area contributed by atoms with Crippen molar-refractivity contribution in [2.75, 3.05) is 6.61 Å². The standard InChI is InChI=1S/C12H11F3N2O3/c13-12(14,15)7-1-3-8(4-2-7)17-11(20)9(5-6-18)10(19)16-17/h1-4,18,20H,5-6H2,(H,16,19). The van der Waals surface area contributed by atoms with E-state index in [1.54, 1.807) is 0 Å². The van der Waals surface area contributed by atoms with Gasteiger partial charge in [-0.1, -0.05) is 0 Å². The Kier molecular flexibility index (Phi) is 3.58. The van der Waals surface area contributed by atoms with Gasteiger partial charge in [0, 0.05) is 13.0 Å². The van der Waals surface area contributed by atoms with Crippen LogP contribution in [0.3, 0.4) is 0 Å². The molecule has 1 aromatic heterocycles. The Morgan fingerprint density at radius 1 is 1.20 bits per heavy atom. The first-order valence-corrected chi connectivity index (χ1v) is 5.66. The topological polar surface area (TPSA) is 78.2 Å². The Labute approximate surface area is 110 Å². The number of H-pyrrole nitrogens is 1. The van der Waals surface area contributed by atoms with E-state index in [4.69, 9.17) is 5.11 Å². The number of aromatic amines is 1. The van der Waals surface area contributed by atoms with Crippen LogP contribution in [0.5, 0.6) is 5.88 Å². The van der Waals surface area contributed by atoms with Gasteiger partial charge in [-0.15, -0.1) is 0 Å². The first kappa shape index (κ1) is 14.2. The number of aliphatic hydroxyl groups is 1. The summed E-state index contributed by atoms with van der Waals surface area (Å²) >= 11 is 0. The Balaban J connectivity index is 2.42. The number of alkyl halides is 3. The SMILES string of the molecule is O=c1[nH]n(-c2ccc(C(F)(F)F)cc2)c(O)c1CCO. The second-order valence-corrected chi connectivity index (χ2v) is 4.10. The Morgan fingerprint density at radius 3 is 2.30 bits per heavy atom. The predicted octanol–water partition coefficient (Wildman–Crippen LogP) is 1.42. The minimum atomic E-state index is -4.45. The quantitative estimate of drug-likeness (QED) is 0.799. The van der Waals surface area contributed by atoms with Crippen molar-refractivity contribution >= 4 is 0 Å². The molecule has 0 bridgehead atoms. The molecule has 0 radical (unpaired) electrons. The van der Waals surface area contributed by atoms with Crippen LogP contribution in [0.1, 0.15) is 11.1 Å². The number of aliphatic hydroxyl groups excluding tert-OH is 1. The van der Waals surface area contributed by atoms with Gasteiger partial charge < -0.3 is 10.2 Å². The predicted molar refractivity (Wildman–Crippen MR) is 63.8 cm³/mol. The molecule has 0 saturated carbocycles. The fourth-order valence-electron chi connectivity index (χ4n) is 1.78. The van der Waals surface area contributed by atoms with Crippen molar-refractivity contribution in [1.29, 1.82) is 0 Å². The molecule has 2 rings (SSSR count). The van der Waals surface area contributed by atoms with Crippen molar-refractivity contribution in [3.63, 3.8) is 0 Å². The van der Waals surface area contributed by atoms with Crippen molar-refractivity contribution in [3.05, 3.63) is 45.7 Å². The number of halogens is 3. The molecule has 5 nitrogen and oxygen atoms in total. The molecule has 1 heterocycles. The number of nitrogens with zero attached hydrogens (tertiary/aromatic N) is 1. The molecule has 8 heteroatoms. The van der Waals surface area contributed by atoms with Gasteiger partial charge in [0.25, 0.3) is 5.56 Å². The average Bonchev–Trinajstić information content (AvgIpc) is 2.66. The minimum absolute atomic E-state index is 0.0209. The average molecular weight is 288 g/mol. The van der Waals surface area contributed by atoms with Gasteiger partial charge in [0.2, 0.25) is 5.88 Å². The number of aromatic nitrogens is 2. The van der Waals surface area contributed by atoms with E-state index in [0.717, 1.165) is 28.9 Å². The molecular weight excluding hydrogens is 277 g/mol. The van der Waals surface area contributed by atoms with Crippen LogP contribution >= 0.6 is 0 Å². The van der Waals surface area contributed by atoms with Crippen LogP contribution in [0.15, 0.2) is 29.1 Å². The third-order valence-electron chi connectivity index (χ3n) is 2.78. The van der Waals surface area contributed by atoms with E-state index in [1.807, 2.05) is 0 Å². The Morgan fingerprint density at radius 2 is 1.80 bits per heavy atom. The van der Waals surface area contributed by atoms with Crippen molar-refractivity contribution in [3.8, 4) is 11.6 Å². The molecule has 0 spiro atoms. The molecule has 1 aromatic carbocycles. The zero-order valence-corrected chi connectivity index (χ0v) is 10.1. The van der Waals surface area contributed by atoms with Crippen molar-refractivity contribution in [2.45, 2.75) is 12.6 Å². The van der Waals surface area contributed by atoms with Crippen LogP contribution in [0.25, 0.3) is 5.69 Å². The molecule has 0 saturated heterocycles. The summed E-state index contributed by atoms with van der Waals surface area (Å²) in [5.41, 5.74) is -1.27. The molecule has 0 amide bonds. The van der Waals surface area contributed by atoms with Gasteiger partial charge >= 0.3 is 6.18 Å². The van der Waals surface area contributed by atoms with Gasteiger partial charge in [0.15, 0.2) is 0 Å². The third-order valence-corrected chi connectivity index (χ3v) is 2.78. The Hall–Kier alpha value is -2.22. The van der Waals surface area contributed by atoms with Crippen LogP contribution in [0, 0.1) is 0 Å². The molecule has 0 aliphatic heterocycles. The number of benzene rings is 1. The molecule has 3 N–H and O–H groups in total. The second-order valence-electron chi connectivity index (χ2n) is 4.10. The summed E-state index contributed by atoms with van der Waals surface area (Å²) in [4.78, 5) is 11.5. The largest absolute Gasteiger partial charge is 0.493 e. The lowest BCUT2D eigenvalue weighted by atomic mass is 10.2. The molecule has 0 unspecified atom stereocenters. The normalized spacial score (nSPS) is 11.8. The number of hydrogen-bond donors (Lipinski definition) is 3. The van der Waals surface area contributed by atoms with E-state index < -0.39 is 23.2 Å². The lowest BCUT2D eigenvalue weighted by Crippen LogP contribution is -2.09. The highest BCUT2D eigenvalue weighted by Crippen LogP contribution is 2.30. The minimum Gasteiger partial charge on any atom is -0.493 e. The summed E-state index contributed by atoms with van der Waals surface area (Å²) in [6.45, 7) is -0.326. The number of hydrogen-bond acceptors (Lipinski definition) is 3. The lowest BCUT2D eigenvalue weighted by molar-refractivity contribution is -0.137. The smallest absolute Gasteiger partial charge is 0.416 e. The van der Waals surface area contributed by atoms with Gasteiger partial charge in [-0.2, -0.15) is 13.2 Å². The van der Waals surface area contributed by atoms with E-state index in [1.165, 1.54) is 0 Å². The van der Waals surface area contributed by atoms with Crippen LogP contribution < -0.4 is 5.56 Å². The van der Waals surface area contributed by atoms with E-state index in [-0.39, 0.29) is 24.3 Å². The summed E-state index contributed by atoms with van der Waals surface area (Å²) in [6, 6.07) is 3.94. The monoisotopic (exact) mass is 288 g/mol. The maximum absolute atomic E-state index is 12.4. The Bertz CT molecular complexity index is 656. The molecule has 0 atom stereocenters. The van der Waals surface area contributed by atoms with Crippen molar-refractivity contribution in [1.82, 2.24) is 9.78 Å². The second kappa shape index (κ2) is 5.04. The number of rotatable bonds is 3. The van der Waals surface area contributed by atoms with Crippen molar-refractivity contribution in [2.24, 2.45) is 0 Å². The summed E-state index contributed by atoms with van der Waals surface area (Å²) in [6.07, 6.45) is -4.50. The summed E-state index contributed by atoms with van der Waals surface area (Å²) < 4.78 is 38.3. The summed E-state index contributed by atoms with van der Waals surface area (Å²) in [5.74, 6) is -0.427. The molecule has 0 fully saturated rings. The van der Waals surface area contributed by atoms with Crippen LogP contribution in [0.4, 0.5) is 13.2 Å². The summed E-state index contributed by atoms with van der Waals surface area (Å²) in [5, 5.41) is 20.9. The lowest BCUT2D eigenvalue weighted by Gasteiger charge is -2.08. The summed E-state index contributed by atoms with van der Waals surface area (Å²) in [7, 11) is 0. The number of aromatic hydroxyl groups is 1. The highest BCUT2D eigenvalue weighted by Gasteiger charge is 2.30. The van der Waals surface area contributed by atoms with Crippen LogP contribution in [0.2, 0.25) is 0 Å². The molecular formula is C12H11F3N2O3. The van der Waals surface area contributed by atoms with Crippen LogP contribution in [-0.2, 0) is 12.6 Å². The van der Waals surface area contributed by atoms with Gasteiger partial charge in [-0.05, 0) is 24.3 Å². The molecule has 0 aliphatic carbocycles. The van der Waals surface area contributed by atoms with Gasteiger partial charge in [-0.25, -0.2) is 4.68 Å².